The molecule has 1 N–H and O–H groups in total. The number of aromatic nitrogens is 1. The molecule has 0 atom stereocenters. The Morgan fingerprint density at radius 2 is 2.12 bits per heavy atom. The summed E-state index contributed by atoms with van der Waals surface area (Å²) in [7, 11) is 0. The number of allylic oxidation sites excluding steroid dienone is 1. The average Bonchev–Trinajstić information content (AvgIpc) is 3.30. The van der Waals surface area contributed by atoms with Crippen LogP contribution in [0.5, 0.6) is 0 Å². The Morgan fingerprint density at radius 1 is 1.32 bits per heavy atom. The van der Waals surface area contributed by atoms with Crippen LogP contribution in [0.25, 0.3) is 22.9 Å². The number of furan rings is 1. The lowest BCUT2D eigenvalue weighted by atomic mass is 10.1. The first kappa shape index (κ1) is 16.7. The molecule has 0 unspecified atom stereocenters. The topological polar surface area (TPSA) is 78.9 Å². The van der Waals surface area contributed by atoms with Crippen molar-refractivity contribution >= 4 is 33.9 Å². The maximum absolute atomic E-state index is 11.8. The van der Waals surface area contributed by atoms with Gasteiger partial charge < -0.3 is 9.73 Å². The van der Waals surface area contributed by atoms with Gasteiger partial charge in [-0.25, -0.2) is 4.98 Å². The molecule has 3 rings (SSSR count). The van der Waals surface area contributed by atoms with Crippen molar-refractivity contribution < 1.29 is 9.21 Å². The van der Waals surface area contributed by atoms with E-state index in [9.17, 15) is 10.1 Å². The zero-order valence-electron chi connectivity index (χ0n) is 13.5. The van der Waals surface area contributed by atoms with Crippen molar-refractivity contribution in [3.05, 3.63) is 59.5 Å². The van der Waals surface area contributed by atoms with Gasteiger partial charge in [0, 0.05) is 18.1 Å². The summed E-state index contributed by atoms with van der Waals surface area (Å²) in [6, 6.07) is 15.2. The lowest BCUT2D eigenvalue weighted by molar-refractivity contribution is -0.115. The summed E-state index contributed by atoms with van der Waals surface area (Å²) < 4.78 is 5.27. The van der Waals surface area contributed by atoms with Crippen LogP contribution in [0.3, 0.4) is 0 Å². The highest BCUT2D eigenvalue weighted by atomic mass is 32.1. The van der Waals surface area contributed by atoms with Crippen molar-refractivity contribution in [2.45, 2.75) is 13.3 Å². The molecule has 0 saturated heterocycles. The van der Waals surface area contributed by atoms with Gasteiger partial charge in [0.05, 0.1) is 11.8 Å². The summed E-state index contributed by atoms with van der Waals surface area (Å²) in [6.07, 6.45) is 3.55. The van der Waals surface area contributed by atoms with E-state index in [0.717, 1.165) is 5.56 Å². The zero-order chi connectivity index (χ0) is 17.6. The third-order valence-electron chi connectivity index (χ3n) is 3.43. The molecular formula is C19H15N3O2S. The molecule has 25 heavy (non-hydrogen) atoms. The Bertz CT molecular complexity index is 935. The first-order valence-corrected chi connectivity index (χ1v) is 8.54. The molecular weight excluding hydrogens is 334 g/mol. The maximum atomic E-state index is 11.8. The van der Waals surface area contributed by atoms with Crippen LogP contribution >= 0.6 is 11.3 Å². The fourth-order valence-corrected chi connectivity index (χ4v) is 3.15. The van der Waals surface area contributed by atoms with Gasteiger partial charge in [-0.3, -0.25) is 4.79 Å². The fraction of sp³-hybridized carbons (Fsp3) is 0.105. The van der Waals surface area contributed by atoms with Crippen molar-refractivity contribution in [3.63, 3.8) is 0 Å². The monoisotopic (exact) mass is 349 g/mol. The van der Waals surface area contributed by atoms with E-state index in [2.05, 4.69) is 16.4 Å². The van der Waals surface area contributed by atoms with Gasteiger partial charge in [-0.05, 0) is 12.1 Å². The molecule has 1 amide bonds. The van der Waals surface area contributed by atoms with E-state index in [1.807, 2.05) is 30.3 Å². The average molecular weight is 349 g/mol. The third kappa shape index (κ3) is 3.84. The number of carbonyl (C=O) groups excluding carboxylic acids is 1. The van der Waals surface area contributed by atoms with E-state index in [1.54, 1.807) is 31.4 Å². The lowest BCUT2D eigenvalue weighted by Crippen LogP contribution is -2.08. The predicted molar refractivity (Wildman–Crippen MR) is 98.7 cm³/mol. The molecule has 2 heterocycles. The molecule has 1 aromatic carbocycles. The van der Waals surface area contributed by atoms with Crippen molar-refractivity contribution in [1.29, 1.82) is 5.26 Å². The number of benzene rings is 1. The number of nitrogens with zero attached hydrogens (tertiary/aromatic N) is 2. The van der Waals surface area contributed by atoms with E-state index in [-0.39, 0.29) is 5.91 Å². The largest absolute Gasteiger partial charge is 0.465 e. The van der Waals surface area contributed by atoms with Gasteiger partial charge in [0.2, 0.25) is 5.91 Å². The molecule has 0 aliphatic rings. The van der Waals surface area contributed by atoms with Gasteiger partial charge in [0.15, 0.2) is 0 Å². The number of nitriles is 1. The summed E-state index contributed by atoms with van der Waals surface area (Å²) in [5.41, 5.74) is 1.92. The number of nitrogens with one attached hydrogen (secondary N) is 1. The summed E-state index contributed by atoms with van der Waals surface area (Å²) in [5, 5.41) is 13.5. The molecule has 0 saturated carbocycles. The highest BCUT2D eigenvalue weighted by Gasteiger charge is 2.17. The summed E-state index contributed by atoms with van der Waals surface area (Å²) in [5.74, 6) is 0.480. The zero-order valence-corrected chi connectivity index (χ0v) is 14.3. The SMILES string of the molecule is CCC(=O)Nc1sc(/C(C#N)=C\c2ccco2)nc1-c1ccccc1. The highest BCUT2D eigenvalue weighted by Crippen LogP contribution is 2.36. The highest BCUT2D eigenvalue weighted by molar-refractivity contribution is 7.17. The van der Waals surface area contributed by atoms with E-state index in [4.69, 9.17) is 4.42 Å². The third-order valence-corrected chi connectivity index (χ3v) is 4.43. The first-order valence-electron chi connectivity index (χ1n) is 7.73. The molecule has 2 aromatic heterocycles. The summed E-state index contributed by atoms with van der Waals surface area (Å²) in [4.78, 5) is 16.4. The number of rotatable bonds is 5. The van der Waals surface area contributed by atoms with Gasteiger partial charge in [-0.2, -0.15) is 5.26 Å². The van der Waals surface area contributed by atoms with E-state index >= 15 is 0 Å². The maximum Gasteiger partial charge on any atom is 0.224 e. The van der Waals surface area contributed by atoms with Gasteiger partial charge in [-0.15, -0.1) is 0 Å². The minimum Gasteiger partial charge on any atom is -0.465 e. The molecule has 0 fully saturated rings. The Hall–Kier alpha value is -3.17. The fourth-order valence-electron chi connectivity index (χ4n) is 2.18. The lowest BCUT2D eigenvalue weighted by Gasteiger charge is -2.03. The second-order valence-electron chi connectivity index (χ2n) is 5.15. The molecule has 3 aromatic rings. The summed E-state index contributed by atoms with van der Waals surface area (Å²) >= 11 is 1.28. The number of amides is 1. The number of anilines is 1. The predicted octanol–water partition coefficient (Wildman–Crippen LogP) is 4.82. The van der Waals surface area contributed by atoms with Crippen molar-refractivity contribution in [1.82, 2.24) is 4.98 Å². The van der Waals surface area contributed by atoms with Crippen LogP contribution in [0.1, 0.15) is 24.1 Å². The number of hydrogen-bond donors (Lipinski definition) is 1. The Balaban J connectivity index is 2.06. The smallest absolute Gasteiger partial charge is 0.224 e. The Morgan fingerprint density at radius 3 is 2.76 bits per heavy atom. The number of carbonyl (C=O) groups is 1. The Kier molecular flexibility index (Phi) is 5.07. The summed E-state index contributed by atoms with van der Waals surface area (Å²) in [6.45, 7) is 1.79. The van der Waals surface area contributed by atoms with Crippen LogP contribution in [0, 0.1) is 11.3 Å². The van der Waals surface area contributed by atoms with E-state index < -0.39 is 0 Å². The Labute approximate surface area is 149 Å². The van der Waals surface area contributed by atoms with Gasteiger partial charge in [-0.1, -0.05) is 48.6 Å². The standard InChI is InChI=1S/C19H15N3O2S/c1-2-16(23)21-19-17(13-7-4-3-5-8-13)22-18(25-19)14(12-20)11-15-9-6-10-24-15/h3-11H,2H2,1H3,(H,21,23)/b14-11-. The van der Waals surface area contributed by atoms with Crippen LogP contribution in [0.2, 0.25) is 0 Å². The first-order chi connectivity index (χ1) is 12.2. The van der Waals surface area contributed by atoms with Gasteiger partial charge in [0.25, 0.3) is 0 Å². The molecule has 0 aliphatic carbocycles. The van der Waals surface area contributed by atoms with Crippen LogP contribution in [-0.4, -0.2) is 10.9 Å². The van der Waals surface area contributed by atoms with Crippen LogP contribution in [0.4, 0.5) is 5.00 Å². The normalized spacial score (nSPS) is 11.1. The molecule has 0 bridgehead atoms. The molecule has 124 valence electrons. The molecule has 5 nitrogen and oxygen atoms in total. The van der Waals surface area contributed by atoms with Crippen molar-refractivity contribution in [2.24, 2.45) is 0 Å². The van der Waals surface area contributed by atoms with Gasteiger partial charge >= 0.3 is 0 Å². The second-order valence-corrected chi connectivity index (χ2v) is 6.15. The quantitative estimate of drug-likeness (QED) is 0.670. The van der Waals surface area contributed by atoms with E-state index in [0.29, 0.717) is 33.5 Å². The minimum atomic E-state index is -0.0964. The second kappa shape index (κ2) is 7.60. The van der Waals surface area contributed by atoms with Crippen molar-refractivity contribution in [2.75, 3.05) is 5.32 Å². The minimum absolute atomic E-state index is 0.0964. The molecule has 0 spiro atoms. The van der Waals surface area contributed by atoms with E-state index in [1.165, 1.54) is 11.3 Å². The molecule has 0 aliphatic heterocycles. The van der Waals surface area contributed by atoms with Crippen LogP contribution in [-0.2, 0) is 4.79 Å². The molecule has 0 radical (unpaired) electrons. The van der Waals surface area contributed by atoms with Crippen molar-refractivity contribution in [3.8, 4) is 17.3 Å². The van der Waals surface area contributed by atoms with Crippen LogP contribution < -0.4 is 5.32 Å². The number of thiazole rings is 1. The molecule has 6 heteroatoms. The van der Waals surface area contributed by atoms with Crippen LogP contribution in [0.15, 0.2) is 53.1 Å². The number of hydrogen-bond acceptors (Lipinski definition) is 5. The van der Waals surface area contributed by atoms with Gasteiger partial charge in [0.1, 0.15) is 27.5 Å².